The number of anilines is 1. The van der Waals surface area contributed by atoms with Gasteiger partial charge in [0.15, 0.2) is 0 Å². The summed E-state index contributed by atoms with van der Waals surface area (Å²) in [4.78, 5) is 27.4. The summed E-state index contributed by atoms with van der Waals surface area (Å²) < 4.78 is 26.3. The van der Waals surface area contributed by atoms with Crippen LogP contribution in [0.2, 0.25) is 0 Å². The maximum atomic E-state index is 13.4. The highest BCUT2D eigenvalue weighted by atomic mass is 32.2. The molecule has 0 aromatic heterocycles. The van der Waals surface area contributed by atoms with E-state index in [2.05, 4.69) is 19.2 Å². The van der Waals surface area contributed by atoms with Crippen LogP contribution in [0.1, 0.15) is 50.3 Å². The highest BCUT2D eigenvalue weighted by Crippen LogP contribution is 2.23. The van der Waals surface area contributed by atoms with Crippen LogP contribution in [0.3, 0.4) is 0 Å². The number of carbonyl (C=O) groups excluding carboxylic acids is 2. The zero-order valence-corrected chi connectivity index (χ0v) is 21.1. The zero-order chi connectivity index (χ0) is 24.8. The first-order chi connectivity index (χ1) is 15.4. The molecule has 1 N–H and O–H groups in total. The van der Waals surface area contributed by atoms with Crippen LogP contribution in [-0.2, 0) is 26.2 Å². The Morgan fingerprint density at radius 3 is 2.18 bits per heavy atom. The van der Waals surface area contributed by atoms with Crippen molar-refractivity contribution in [3.8, 4) is 0 Å². The van der Waals surface area contributed by atoms with Gasteiger partial charge in [0, 0.05) is 13.1 Å². The van der Waals surface area contributed by atoms with Gasteiger partial charge in [-0.15, -0.1) is 0 Å². The van der Waals surface area contributed by atoms with E-state index in [-0.39, 0.29) is 12.5 Å². The summed E-state index contributed by atoms with van der Waals surface area (Å²) >= 11 is 0. The Morgan fingerprint density at radius 1 is 1.03 bits per heavy atom. The van der Waals surface area contributed by atoms with Gasteiger partial charge in [0.25, 0.3) is 0 Å². The van der Waals surface area contributed by atoms with Gasteiger partial charge >= 0.3 is 0 Å². The number of hydrogen-bond donors (Lipinski definition) is 1. The lowest BCUT2D eigenvalue weighted by Crippen LogP contribution is -2.51. The Balaban J connectivity index is 2.37. The van der Waals surface area contributed by atoms with Gasteiger partial charge in [-0.3, -0.25) is 13.9 Å². The van der Waals surface area contributed by atoms with Gasteiger partial charge < -0.3 is 10.2 Å². The number of nitrogens with zero attached hydrogens (tertiary/aromatic N) is 2. The van der Waals surface area contributed by atoms with Crippen molar-refractivity contribution in [2.24, 2.45) is 0 Å². The Morgan fingerprint density at radius 2 is 1.67 bits per heavy atom. The van der Waals surface area contributed by atoms with Crippen LogP contribution in [0, 0.1) is 6.92 Å². The minimum atomic E-state index is -3.73. The second-order valence-corrected chi connectivity index (χ2v) is 10.5. The zero-order valence-electron chi connectivity index (χ0n) is 20.3. The number of amides is 2. The summed E-state index contributed by atoms with van der Waals surface area (Å²) in [6.45, 7) is 9.77. The van der Waals surface area contributed by atoms with Crippen molar-refractivity contribution in [3.63, 3.8) is 0 Å². The summed E-state index contributed by atoms with van der Waals surface area (Å²) in [6, 6.07) is 14.1. The van der Waals surface area contributed by atoms with Crippen molar-refractivity contribution < 1.29 is 18.0 Å². The van der Waals surface area contributed by atoms with E-state index in [4.69, 9.17) is 0 Å². The van der Waals surface area contributed by atoms with Crippen molar-refractivity contribution in [1.82, 2.24) is 10.2 Å². The molecule has 180 valence electrons. The second kappa shape index (κ2) is 11.3. The van der Waals surface area contributed by atoms with E-state index in [1.165, 1.54) is 4.90 Å². The molecule has 2 rings (SSSR count). The molecule has 2 aromatic rings. The molecule has 8 heteroatoms. The van der Waals surface area contributed by atoms with E-state index in [1.807, 2.05) is 50.2 Å². The molecule has 0 unspecified atom stereocenters. The predicted molar refractivity (Wildman–Crippen MR) is 133 cm³/mol. The topological polar surface area (TPSA) is 86.8 Å². The first-order valence-electron chi connectivity index (χ1n) is 11.1. The molecule has 0 saturated carbocycles. The van der Waals surface area contributed by atoms with Crippen LogP contribution in [-0.4, -0.2) is 50.5 Å². The van der Waals surface area contributed by atoms with Crippen molar-refractivity contribution in [1.29, 1.82) is 0 Å². The molecule has 0 spiro atoms. The highest BCUT2D eigenvalue weighted by molar-refractivity contribution is 7.92. The average molecular weight is 474 g/mol. The second-order valence-electron chi connectivity index (χ2n) is 8.60. The van der Waals surface area contributed by atoms with Gasteiger partial charge in [0.05, 0.1) is 11.9 Å². The smallest absolute Gasteiger partial charge is 0.244 e. The minimum absolute atomic E-state index is 0.197. The van der Waals surface area contributed by atoms with E-state index in [1.54, 1.807) is 19.1 Å². The van der Waals surface area contributed by atoms with E-state index < -0.39 is 28.5 Å². The van der Waals surface area contributed by atoms with Crippen LogP contribution >= 0.6 is 0 Å². The Kier molecular flexibility index (Phi) is 9.05. The average Bonchev–Trinajstić information content (AvgIpc) is 2.74. The molecule has 0 aliphatic carbocycles. The molecular formula is C25H35N3O4S. The first-order valence-corrected chi connectivity index (χ1v) is 13.0. The number of likely N-dealkylation sites (N-methyl/N-ethyl adjacent to an activating group) is 1. The molecule has 0 saturated heterocycles. The fraction of sp³-hybridized carbons (Fsp3) is 0.440. The lowest BCUT2D eigenvalue weighted by Gasteiger charge is -2.31. The third kappa shape index (κ3) is 7.32. The molecule has 33 heavy (non-hydrogen) atoms. The lowest BCUT2D eigenvalue weighted by molar-refractivity contribution is -0.139. The minimum Gasteiger partial charge on any atom is -0.355 e. The molecule has 2 amide bonds. The molecule has 0 bridgehead atoms. The van der Waals surface area contributed by atoms with E-state index in [0.717, 1.165) is 27.3 Å². The fourth-order valence-electron chi connectivity index (χ4n) is 3.55. The van der Waals surface area contributed by atoms with E-state index in [0.29, 0.717) is 18.2 Å². The quantitative estimate of drug-likeness (QED) is 0.573. The molecule has 0 aliphatic heterocycles. The summed E-state index contributed by atoms with van der Waals surface area (Å²) in [5, 5.41) is 2.75. The molecule has 1 atom stereocenters. The molecule has 0 heterocycles. The van der Waals surface area contributed by atoms with Crippen LogP contribution < -0.4 is 9.62 Å². The Bertz CT molecular complexity index is 1070. The number of rotatable bonds is 10. The molecule has 2 aromatic carbocycles. The Hall–Kier alpha value is -2.87. The van der Waals surface area contributed by atoms with Gasteiger partial charge in [-0.05, 0) is 49.9 Å². The first kappa shape index (κ1) is 26.4. The molecule has 0 aliphatic rings. The SMILES string of the molecule is CCNC(=O)[C@@H](C)N(Cc1cccc(C)c1)C(=O)CN(c1ccc(C(C)C)cc1)S(C)(=O)=O. The van der Waals surface area contributed by atoms with E-state index in [9.17, 15) is 18.0 Å². The standard InChI is InChI=1S/C25H35N3O4S/c1-7-26-25(30)20(5)27(16-21-10-8-9-19(4)15-21)24(29)17-28(33(6,31)32)23-13-11-22(12-14-23)18(2)3/h8-15,18,20H,7,16-17H2,1-6H3,(H,26,30)/t20-/m1/s1. The number of aryl methyl sites for hydroxylation is 1. The number of benzene rings is 2. The van der Waals surface area contributed by atoms with Crippen LogP contribution in [0.4, 0.5) is 5.69 Å². The van der Waals surface area contributed by atoms with Gasteiger partial charge in [-0.1, -0.05) is 55.8 Å². The highest BCUT2D eigenvalue weighted by Gasteiger charge is 2.29. The summed E-state index contributed by atoms with van der Waals surface area (Å²) in [5.41, 5.74) is 3.39. The molecule has 0 radical (unpaired) electrons. The van der Waals surface area contributed by atoms with Crippen molar-refractivity contribution in [2.75, 3.05) is 23.7 Å². The molecular weight excluding hydrogens is 438 g/mol. The third-order valence-electron chi connectivity index (χ3n) is 5.48. The van der Waals surface area contributed by atoms with Gasteiger partial charge in [-0.25, -0.2) is 8.42 Å². The molecule has 0 fully saturated rings. The van der Waals surface area contributed by atoms with Crippen molar-refractivity contribution >= 4 is 27.5 Å². The van der Waals surface area contributed by atoms with Gasteiger partial charge in [0.2, 0.25) is 21.8 Å². The Labute approximate surface area is 197 Å². The molecule has 7 nitrogen and oxygen atoms in total. The summed E-state index contributed by atoms with van der Waals surface area (Å²) in [5.74, 6) is -0.436. The maximum Gasteiger partial charge on any atom is 0.244 e. The normalized spacial score (nSPS) is 12.3. The van der Waals surface area contributed by atoms with Gasteiger partial charge in [0.1, 0.15) is 12.6 Å². The number of sulfonamides is 1. The third-order valence-corrected chi connectivity index (χ3v) is 6.62. The maximum absolute atomic E-state index is 13.4. The van der Waals surface area contributed by atoms with Crippen LogP contribution in [0.25, 0.3) is 0 Å². The van der Waals surface area contributed by atoms with Crippen molar-refractivity contribution in [3.05, 3.63) is 65.2 Å². The number of carbonyl (C=O) groups is 2. The van der Waals surface area contributed by atoms with E-state index >= 15 is 0 Å². The lowest BCUT2D eigenvalue weighted by atomic mass is 10.0. The van der Waals surface area contributed by atoms with Gasteiger partial charge in [-0.2, -0.15) is 0 Å². The summed E-state index contributed by atoms with van der Waals surface area (Å²) in [6.07, 6.45) is 1.08. The van der Waals surface area contributed by atoms with Crippen LogP contribution in [0.15, 0.2) is 48.5 Å². The summed E-state index contributed by atoms with van der Waals surface area (Å²) in [7, 11) is -3.73. The predicted octanol–water partition coefficient (Wildman–Crippen LogP) is 3.44. The van der Waals surface area contributed by atoms with Crippen LogP contribution in [0.5, 0.6) is 0 Å². The number of hydrogen-bond acceptors (Lipinski definition) is 4. The monoisotopic (exact) mass is 473 g/mol. The fourth-order valence-corrected chi connectivity index (χ4v) is 4.40. The van der Waals surface area contributed by atoms with Crippen molar-refractivity contribution in [2.45, 2.75) is 53.1 Å². The number of nitrogens with one attached hydrogen (secondary N) is 1. The largest absolute Gasteiger partial charge is 0.355 e.